The molecule has 0 saturated heterocycles. The third-order valence-electron chi connectivity index (χ3n) is 2.68. The number of nitrogens with zero attached hydrogens (tertiary/aromatic N) is 3. The Bertz CT molecular complexity index is 893. The van der Waals surface area contributed by atoms with Crippen molar-refractivity contribution in [3.05, 3.63) is 57.4 Å². The molecule has 0 spiro atoms. The van der Waals surface area contributed by atoms with Gasteiger partial charge in [0, 0.05) is 17.8 Å². The van der Waals surface area contributed by atoms with Crippen LogP contribution in [-0.2, 0) is 16.1 Å². The lowest BCUT2D eigenvalue weighted by Crippen LogP contribution is -2.14. The maximum Gasteiger partial charge on any atom is 0.331 e. The van der Waals surface area contributed by atoms with Crippen LogP contribution in [0.1, 0.15) is 16.5 Å². The van der Waals surface area contributed by atoms with Crippen molar-refractivity contribution in [2.24, 2.45) is 0 Å². The zero-order valence-electron chi connectivity index (χ0n) is 11.6. The summed E-state index contributed by atoms with van der Waals surface area (Å²) in [7, 11) is 0. The van der Waals surface area contributed by atoms with Gasteiger partial charge in [-0.2, -0.15) is 9.61 Å². The smallest absolute Gasteiger partial charge is 0.331 e. The number of hydrogen-bond donors (Lipinski definition) is 0. The van der Waals surface area contributed by atoms with Crippen LogP contribution in [0.15, 0.2) is 39.7 Å². The van der Waals surface area contributed by atoms with Crippen LogP contribution >= 0.6 is 11.3 Å². The minimum atomic E-state index is -0.521. The average molecular weight is 317 g/mol. The number of carbonyl (C=O) groups is 1. The van der Waals surface area contributed by atoms with Crippen molar-refractivity contribution in [1.29, 1.82) is 0 Å². The summed E-state index contributed by atoms with van der Waals surface area (Å²) in [5.74, 6) is 0.0373. The summed E-state index contributed by atoms with van der Waals surface area (Å²) >= 11 is 1.20. The molecule has 3 aromatic heterocycles. The first-order chi connectivity index (χ1) is 10.6. The normalized spacial score (nSPS) is 11.3. The number of rotatable bonds is 4. The number of fused-ring (bicyclic) bond motifs is 1. The Morgan fingerprint density at radius 3 is 3.18 bits per heavy atom. The topological polar surface area (TPSA) is 86.7 Å². The summed E-state index contributed by atoms with van der Waals surface area (Å²) in [5, 5.41) is 4.57. The van der Waals surface area contributed by atoms with Crippen LogP contribution < -0.4 is 5.56 Å². The maximum atomic E-state index is 11.7. The van der Waals surface area contributed by atoms with Gasteiger partial charge in [0.15, 0.2) is 5.01 Å². The fraction of sp³-hybridized carbons (Fsp3) is 0.143. The number of carbonyl (C=O) groups excluding carboxylic acids is 1. The molecule has 0 unspecified atom stereocenters. The SMILES string of the molecule is Cc1cc(=O)n2nc(COC(=O)/C=C/c3ccco3)sc2n1. The van der Waals surface area contributed by atoms with Gasteiger partial charge in [-0.25, -0.2) is 9.78 Å². The van der Waals surface area contributed by atoms with E-state index in [0.29, 0.717) is 21.4 Å². The highest BCUT2D eigenvalue weighted by Crippen LogP contribution is 2.12. The van der Waals surface area contributed by atoms with E-state index in [0.717, 1.165) is 0 Å². The minimum Gasteiger partial charge on any atom is -0.465 e. The largest absolute Gasteiger partial charge is 0.465 e. The van der Waals surface area contributed by atoms with Crippen LogP contribution in [0.25, 0.3) is 11.0 Å². The summed E-state index contributed by atoms with van der Waals surface area (Å²) in [6, 6.07) is 4.84. The van der Waals surface area contributed by atoms with Gasteiger partial charge >= 0.3 is 5.97 Å². The molecule has 3 heterocycles. The number of hydrogen-bond acceptors (Lipinski definition) is 7. The Morgan fingerprint density at radius 2 is 2.41 bits per heavy atom. The Morgan fingerprint density at radius 1 is 1.55 bits per heavy atom. The molecule has 3 rings (SSSR count). The molecular weight excluding hydrogens is 306 g/mol. The molecule has 0 saturated carbocycles. The van der Waals surface area contributed by atoms with E-state index in [2.05, 4.69) is 10.1 Å². The van der Waals surface area contributed by atoms with Crippen LogP contribution in [0.3, 0.4) is 0 Å². The van der Waals surface area contributed by atoms with E-state index in [-0.39, 0.29) is 12.2 Å². The molecule has 7 nitrogen and oxygen atoms in total. The molecule has 0 amide bonds. The second-order valence-electron chi connectivity index (χ2n) is 4.38. The van der Waals surface area contributed by atoms with Gasteiger partial charge in [-0.05, 0) is 25.1 Å². The molecule has 0 bridgehead atoms. The van der Waals surface area contributed by atoms with Gasteiger partial charge in [-0.3, -0.25) is 4.79 Å². The van der Waals surface area contributed by atoms with Crippen molar-refractivity contribution in [3.8, 4) is 0 Å². The molecule has 112 valence electrons. The van der Waals surface area contributed by atoms with Crippen LogP contribution in [0, 0.1) is 6.92 Å². The molecule has 0 N–H and O–H groups in total. The fourth-order valence-corrected chi connectivity index (χ4v) is 2.59. The number of aromatic nitrogens is 3. The van der Waals surface area contributed by atoms with E-state index in [4.69, 9.17) is 9.15 Å². The van der Waals surface area contributed by atoms with E-state index >= 15 is 0 Å². The van der Waals surface area contributed by atoms with Crippen molar-refractivity contribution in [3.63, 3.8) is 0 Å². The van der Waals surface area contributed by atoms with E-state index in [1.165, 1.54) is 40.3 Å². The summed E-state index contributed by atoms with van der Waals surface area (Å²) < 4.78 is 11.3. The summed E-state index contributed by atoms with van der Waals surface area (Å²) in [4.78, 5) is 28.0. The third-order valence-corrected chi connectivity index (χ3v) is 3.56. The predicted octanol–water partition coefficient (Wildman–Crippen LogP) is 1.81. The van der Waals surface area contributed by atoms with Crippen molar-refractivity contribution in [2.75, 3.05) is 0 Å². The number of aryl methyl sites for hydroxylation is 1. The van der Waals surface area contributed by atoms with Crippen molar-refractivity contribution < 1.29 is 13.9 Å². The molecule has 0 fully saturated rings. The Hall–Kier alpha value is -2.74. The molecular formula is C14H11N3O4S. The monoisotopic (exact) mass is 317 g/mol. The Labute approximate surface area is 128 Å². The first kappa shape index (κ1) is 14.2. The van der Waals surface area contributed by atoms with Gasteiger partial charge in [0.25, 0.3) is 5.56 Å². The van der Waals surface area contributed by atoms with Crippen molar-refractivity contribution in [2.45, 2.75) is 13.5 Å². The molecule has 0 aliphatic carbocycles. The predicted molar refractivity (Wildman–Crippen MR) is 79.4 cm³/mol. The summed E-state index contributed by atoms with van der Waals surface area (Å²) in [5.41, 5.74) is 0.368. The Kier molecular flexibility index (Phi) is 3.84. The van der Waals surface area contributed by atoms with Crippen LogP contribution in [-0.4, -0.2) is 20.6 Å². The molecule has 3 aromatic rings. The van der Waals surface area contributed by atoms with Gasteiger partial charge < -0.3 is 9.15 Å². The average Bonchev–Trinajstić information content (AvgIpc) is 3.11. The molecule has 0 aliphatic heterocycles. The molecule has 22 heavy (non-hydrogen) atoms. The maximum absolute atomic E-state index is 11.7. The lowest BCUT2D eigenvalue weighted by molar-refractivity contribution is -0.138. The molecule has 8 heteroatoms. The summed E-state index contributed by atoms with van der Waals surface area (Å²) in [6.45, 7) is 1.72. The highest BCUT2D eigenvalue weighted by atomic mass is 32.1. The first-order valence-electron chi connectivity index (χ1n) is 6.36. The quantitative estimate of drug-likeness (QED) is 0.539. The molecule has 0 atom stereocenters. The molecule has 0 aromatic carbocycles. The van der Waals surface area contributed by atoms with Crippen LogP contribution in [0.5, 0.6) is 0 Å². The molecule has 0 radical (unpaired) electrons. The first-order valence-corrected chi connectivity index (χ1v) is 7.18. The Balaban J connectivity index is 1.67. The van der Waals surface area contributed by atoms with E-state index in [1.54, 1.807) is 19.1 Å². The van der Waals surface area contributed by atoms with Crippen molar-refractivity contribution in [1.82, 2.24) is 14.6 Å². The van der Waals surface area contributed by atoms with Gasteiger partial charge in [0.05, 0.1) is 6.26 Å². The summed E-state index contributed by atoms with van der Waals surface area (Å²) in [6.07, 6.45) is 4.29. The van der Waals surface area contributed by atoms with Crippen LogP contribution in [0.2, 0.25) is 0 Å². The van der Waals surface area contributed by atoms with E-state index in [1.807, 2.05) is 0 Å². The zero-order chi connectivity index (χ0) is 15.5. The number of furan rings is 1. The molecule has 0 aliphatic rings. The van der Waals surface area contributed by atoms with E-state index in [9.17, 15) is 9.59 Å². The lowest BCUT2D eigenvalue weighted by Gasteiger charge is -1.96. The number of ether oxygens (including phenoxy) is 1. The highest BCUT2D eigenvalue weighted by molar-refractivity contribution is 7.16. The van der Waals surface area contributed by atoms with Crippen molar-refractivity contribution >= 4 is 28.3 Å². The van der Waals surface area contributed by atoms with Gasteiger partial charge in [-0.15, -0.1) is 0 Å². The third kappa shape index (κ3) is 3.12. The fourth-order valence-electron chi connectivity index (χ4n) is 1.74. The second-order valence-corrected chi connectivity index (χ2v) is 5.42. The van der Waals surface area contributed by atoms with Gasteiger partial charge in [-0.1, -0.05) is 11.3 Å². The van der Waals surface area contributed by atoms with Crippen LogP contribution in [0.4, 0.5) is 0 Å². The standard InChI is InChI=1S/C14H11N3O4S/c1-9-7-12(18)17-14(15-9)22-11(16-17)8-21-13(19)5-4-10-3-2-6-20-10/h2-7H,8H2,1H3/b5-4+. The second kappa shape index (κ2) is 5.94. The van der Waals surface area contributed by atoms with Gasteiger partial charge in [0.1, 0.15) is 12.4 Å². The number of esters is 1. The zero-order valence-corrected chi connectivity index (χ0v) is 12.4. The minimum absolute atomic E-state index is 0.0200. The van der Waals surface area contributed by atoms with Gasteiger partial charge in [0.2, 0.25) is 4.96 Å². The highest BCUT2D eigenvalue weighted by Gasteiger charge is 2.09. The van der Waals surface area contributed by atoms with E-state index < -0.39 is 5.97 Å². The lowest BCUT2D eigenvalue weighted by atomic mass is 10.4.